The summed E-state index contributed by atoms with van der Waals surface area (Å²) < 4.78 is 29.5. The Hall–Kier alpha value is -4.44. The Kier molecular flexibility index (Phi) is 6.78. The molecule has 222 valence electrons. The molecule has 3 aromatic heterocycles. The number of para-hydroxylation sites is 3. The van der Waals surface area contributed by atoms with Gasteiger partial charge in [0.25, 0.3) is 0 Å². The predicted molar refractivity (Wildman–Crippen MR) is 182 cm³/mol. The van der Waals surface area contributed by atoms with Gasteiger partial charge in [0, 0.05) is 61.7 Å². The van der Waals surface area contributed by atoms with Crippen LogP contribution < -0.4 is 0 Å². The van der Waals surface area contributed by atoms with E-state index in [0.29, 0.717) is 5.52 Å². The van der Waals surface area contributed by atoms with Crippen molar-refractivity contribution in [1.29, 1.82) is 0 Å². The van der Waals surface area contributed by atoms with Crippen LogP contribution >= 0.6 is 11.8 Å². The van der Waals surface area contributed by atoms with Crippen LogP contribution in [0.4, 0.5) is 0 Å². The zero-order chi connectivity index (χ0) is 32.3. The van der Waals surface area contributed by atoms with Gasteiger partial charge in [0.1, 0.15) is 5.82 Å². The van der Waals surface area contributed by atoms with E-state index in [-0.39, 0.29) is 21.1 Å². The first-order valence-corrected chi connectivity index (χ1v) is 15.3. The summed E-state index contributed by atoms with van der Waals surface area (Å²) >= 11 is 1.57. The molecule has 0 saturated carbocycles. The molecule has 3 heterocycles. The summed E-state index contributed by atoms with van der Waals surface area (Å²) in [7, 11) is 0. The molecule has 0 aliphatic heterocycles. The summed E-state index contributed by atoms with van der Waals surface area (Å²) in [6, 6.07) is 44.0. The molecule has 0 radical (unpaired) electrons. The fraction of sp³-hybridized carbons (Fsp3) is 0.0769. The molecular formula is C39H29N4PtS-. The number of rotatable bonds is 5. The van der Waals surface area contributed by atoms with E-state index >= 15 is 0 Å². The van der Waals surface area contributed by atoms with Crippen LogP contribution in [0.3, 0.4) is 0 Å². The maximum absolute atomic E-state index is 8.04. The summed E-state index contributed by atoms with van der Waals surface area (Å²) in [5, 5.41) is 2.25. The number of fused-ring (bicyclic) bond motifs is 4. The van der Waals surface area contributed by atoms with Crippen molar-refractivity contribution in [3.05, 3.63) is 145 Å². The second-order valence-corrected chi connectivity index (χ2v) is 12.0. The van der Waals surface area contributed by atoms with Gasteiger partial charge in [-0.15, -0.1) is 34.2 Å². The average Bonchev–Trinajstić information content (AvgIpc) is 3.62. The Morgan fingerprint density at radius 1 is 0.733 bits per heavy atom. The normalized spacial score (nSPS) is 12.6. The molecule has 0 bridgehead atoms. The van der Waals surface area contributed by atoms with E-state index in [2.05, 4.69) is 97.3 Å². The maximum Gasteiger partial charge on any atom is 0.188 e. The first-order chi connectivity index (χ1) is 22.8. The van der Waals surface area contributed by atoms with E-state index in [9.17, 15) is 0 Å². The second kappa shape index (κ2) is 11.8. The van der Waals surface area contributed by atoms with Crippen LogP contribution in [0.1, 0.15) is 15.2 Å². The van der Waals surface area contributed by atoms with E-state index in [0.717, 1.165) is 54.2 Å². The van der Waals surface area contributed by atoms with Crippen LogP contribution in [-0.4, -0.2) is 18.7 Å². The van der Waals surface area contributed by atoms with Crippen LogP contribution in [-0.2, 0) is 28.0 Å². The van der Waals surface area contributed by atoms with Crippen LogP contribution in [0.25, 0.3) is 55.5 Å². The smallest absolute Gasteiger partial charge is 0.188 e. The average molecular weight is 784 g/mol. The van der Waals surface area contributed by atoms with Gasteiger partial charge in [-0.05, 0) is 71.8 Å². The molecule has 0 amide bonds. The predicted octanol–water partition coefficient (Wildman–Crippen LogP) is 9.78. The van der Waals surface area contributed by atoms with Crippen molar-refractivity contribution >= 4 is 44.6 Å². The third-order valence-electron chi connectivity index (χ3n) is 8.17. The Balaban J connectivity index is 0.00000364. The molecule has 0 fully saturated rings. The fourth-order valence-corrected chi connectivity index (χ4v) is 7.02. The van der Waals surface area contributed by atoms with Crippen molar-refractivity contribution in [3.8, 4) is 22.6 Å². The van der Waals surface area contributed by atoms with E-state index in [1.807, 2.05) is 53.2 Å². The van der Waals surface area contributed by atoms with Gasteiger partial charge >= 0.3 is 0 Å². The molecular weight excluding hydrogens is 752 g/mol. The third-order valence-corrected chi connectivity index (χ3v) is 9.08. The quantitative estimate of drug-likeness (QED) is 0.163. The Bertz CT molecular complexity index is 2460. The van der Waals surface area contributed by atoms with E-state index in [1.165, 1.54) is 21.3 Å². The number of pyridine rings is 1. The number of nitrogens with zero attached hydrogens (tertiary/aromatic N) is 4. The van der Waals surface area contributed by atoms with Crippen LogP contribution in [0.5, 0.6) is 0 Å². The molecule has 0 spiro atoms. The number of benzene rings is 5. The molecule has 5 aromatic carbocycles. The van der Waals surface area contributed by atoms with Crippen molar-refractivity contribution in [1.82, 2.24) is 18.7 Å². The SMILES string of the molecule is [2H]C([2H])([2H])n1[cH+]n(-c2[c-]c(Sc3[c-]c4c(cc3)c3ccccc3n4-c3cc(-c4c(C)cccc4C)ccn3)ccc2)c2ccccc21.[Pt]. The van der Waals surface area contributed by atoms with Gasteiger partial charge in [0.2, 0.25) is 0 Å². The zero-order valence-corrected chi connectivity index (χ0v) is 27.6. The van der Waals surface area contributed by atoms with Gasteiger partial charge in [-0.1, -0.05) is 52.9 Å². The molecule has 0 aliphatic carbocycles. The largest absolute Gasteiger partial charge is 0.319 e. The standard InChI is InChI=1S/C39H29N4S.Pt/c1-26-10-8-11-27(2)39(26)28-20-21-40-38(22-28)43-34-15-5-4-14-32(34)33-19-18-31(24-37(33)43)44-30-13-9-12-29(23-30)42-25-41(3)35-16-6-7-17-36(35)42;/h4-22,25H,1-3H3;/q-1;/i3D3;. The molecule has 6 heteroatoms. The fourth-order valence-electron chi connectivity index (χ4n) is 6.20. The number of aryl methyl sites for hydroxylation is 3. The minimum atomic E-state index is -2.30. The zero-order valence-electron chi connectivity index (χ0n) is 27.6. The summed E-state index contributed by atoms with van der Waals surface area (Å²) in [5.74, 6) is 0.838. The van der Waals surface area contributed by atoms with Crippen molar-refractivity contribution < 1.29 is 25.2 Å². The number of aromatic nitrogens is 4. The minimum absolute atomic E-state index is 0. The van der Waals surface area contributed by atoms with Gasteiger partial charge in [0.15, 0.2) is 17.4 Å². The Morgan fingerprint density at radius 2 is 1.47 bits per heavy atom. The first-order valence-electron chi connectivity index (χ1n) is 16.0. The van der Waals surface area contributed by atoms with Gasteiger partial charge in [0.05, 0.1) is 0 Å². The maximum atomic E-state index is 8.04. The second-order valence-electron chi connectivity index (χ2n) is 11.0. The number of hydrogen-bond acceptors (Lipinski definition) is 2. The molecule has 0 N–H and O–H groups in total. The molecule has 0 saturated heterocycles. The molecule has 8 rings (SSSR count). The molecule has 4 nitrogen and oxygen atoms in total. The molecule has 8 aromatic rings. The topological polar surface area (TPSA) is 27.7 Å². The number of imidazole rings is 1. The van der Waals surface area contributed by atoms with Crippen LogP contribution in [0.2, 0.25) is 0 Å². The van der Waals surface area contributed by atoms with Crippen molar-refractivity contribution in [3.63, 3.8) is 0 Å². The van der Waals surface area contributed by atoms with Crippen molar-refractivity contribution in [2.75, 3.05) is 0 Å². The van der Waals surface area contributed by atoms with Crippen LogP contribution in [0.15, 0.2) is 132 Å². The minimum Gasteiger partial charge on any atom is -0.319 e. The first kappa shape index (κ1) is 25.8. The van der Waals surface area contributed by atoms with Crippen molar-refractivity contribution in [2.24, 2.45) is 6.98 Å². The van der Waals surface area contributed by atoms with Crippen molar-refractivity contribution in [2.45, 2.75) is 23.6 Å². The molecule has 0 atom stereocenters. The summed E-state index contributed by atoms with van der Waals surface area (Å²) in [5.41, 5.74) is 9.05. The van der Waals surface area contributed by atoms with Gasteiger partial charge in [-0.25, -0.2) is 14.1 Å². The van der Waals surface area contributed by atoms with E-state index in [4.69, 9.17) is 9.10 Å². The Labute approximate surface area is 285 Å². The van der Waals surface area contributed by atoms with Gasteiger partial charge < -0.3 is 4.57 Å². The summed E-state index contributed by atoms with van der Waals surface area (Å²) in [6.07, 6.45) is 3.52. The van der Waals surface area contributed by atoms with E-state index in [1.54, 1.807) is 18.1 Å². The molecule has 0 unspecified atom stereocenters. The van der Waals surface area contributed by atoms with Gasteiger partial charge in [-0.3, -0.25) is 0 Å². The number of hydrogen-bond donors (Lipinski definition) is 0. The Morgan fingerprint density at radius 3 is 2.29 bits per heavy atom. The summed E-state index contributed by atoms with van der Waals surface area (Å²) in [6.45, 7) is 2.00. The van der Waals surface area contributed by atoms with Crippen LogP contribution in [0, 0.1) is 26.0 Å². The third kappa shape index (κ3) is 5.10. The van der Waals surface area contributed by atoms with Gasteiger partial charge in [-0.2, -0.15) is 24.3 Å². The molecule has 45 heavy (non-hydrogen) atoms. The van der Waals surface area contributed by atoms with E-state index < -0.39 is 6.98 Å². The monoisotopic (exact) mass is 783 g/mol. The molecule has 0 aliphatic rings. The summed E-state index contributed by atoms with van der Waals surface area (Å²) in [4.78, 5) is 6.69.